The van der Waals surface area contributed by atoms with Crippen LogP contribution in [0.4, 0.5) is 30.2 Å². The molecule has 0 spiro atoms. The summed E-state index contributed by atoms with van der Waals surface area (Å²) in [5, 5.41) is 13.9. The van der Waals surface area contributed by atoms with Crippen molar-refractivity contribution in [3.05, 3.63) is 63.2 Å². The first-order chi connectivity index (χ1) is 12.5. The van der Waals surface area contributed by atoms with Crippen LogP contribution in [0.15, 0.2) is 36.4 Å². The maximum Gasteiger partial charge on any atom is 0.416 e. The fraction of sp³-hybridized carbons (Fsp3) is 0.278. The van der Waals surface area contributed by atoms with Crippen LogP contribution in [-0.4, -0.2) is 24.4 Å². The number of benzene rings is 2. The Hall–Kier alpha value is -3.10. The average Bonchev–Trinajstić information content (AvgIpc) is 2.57. The van der Waals surface area contributed by atoms with Crippen molar-refractivity contribution in [2.45, 2.75) is 20.0 Å². The maximum absolute atomic E-state index is 12.8. The highest BCUT2D eigenvalue weighted by molar-refractivity contribution is 5.95. The van der Waals surface area contributed by atoms with Crippen molar-refractivity contribution in [1.82, 2.24) is 0 Å². The molecule has 0 aliphatic rings. The van der Waals surface area contributed by atoms with Crippen LogP contribution < -0.4 is 10.2 Å². The number of carbonyl (C=O) groups is 1. The van der Waals surface area contributed by atoms with Crippen molar-refractivity contribution in [2.75, 3.05) is 23.8 Å². The molecule has 1 N–H and O–H groups in total. The van der Waals surface area contributed by atoms with Gasteiger partial charge in [0.25, 0.3) is 5.69 Å². The van der Waals surface area contributed by atoms with Crippen molar-refractivity contribution in [3.63, 3.8) is 0 Å². The van der Waals surface area contributed by atoms with E-state index < -0.39 is 28.3 Å². The number of nitrogens with one attached hydrogen (secondary N) is 1. The van der Waals surface area contributed by atoms with Crippen LogP contribution in [0.5, 0.6) is 0 Å². The van der Waals surface area contributed by atoms with E-state index in [9.17, 15) is 28.1 Å². The third kappa shape index (κ3) is 4.75. The second kappa shape index (κ2) is 7.65. The molecule has 27 heavy (non-hydrogen) atoms. The van der Waals surface area contributed by atoms with Gasteiger partial charge in [-0.05, 0) is 43.2 Å². The van der Waals surface area contributed by atoms with Crippen LogP contribution in [0.2, 0.25) is 0 Å². The molecular weight excluding hydrogens is 363 g/mol. The van der Waals surface area contributed by atoms with Gasteiger partial charge in [-0.25, -0.2) is 0 Å². The molecule has 0 bridgehead atoms. The number of hydrogen-bond acceptors (Lipinski definition) is 4. The number of nitro groups is 1. The zero-order valence-electron chi connectivity index (χ0n) is 14.9. The number of aryl methyl sites for hydroxylation is 1. The Morgan fingerprint density at radius 1 is 1.22 bits per heavy atom. The lowest BCUT2D eigenvalue weighted by Gasteiger charge is -2.20. The maximum atomic E-state index is 12.8. The molecule has 0 heterocycles. The number of alkyl halides is 3. The summed E-state index contributed by atoms with van der Waals surface area (Å²) in [6.45, 7) is 3.47. The van der Waals surface area contributed by atoms with E-state index in [1.807, 2.05) is 19.9 Å². The van der Waals surface area contributed by atoms with E-state index in [4.69, 9.17) is 0 Å². The number of nitro benzene ring substituents is 1. The number of amides is 1. The number of carbonyl (C=O) groups excluding carboxylic acids is 1. The predicted molar refractivity (Wildman–Crippen MR) is 95.9 cm³/mol. The smallest absolute Gasteiger partial charge is 0.360 e. The van der Waals surface area contributed by atoms with Crippen molar-refractivity contribution < 1.29 is 22.9 Å². The van der Waals surface area contributed by atoms with Gasteiger partial charge in [0.05, 0.1) is 17.0 Å². The van der Waals surface area contributed by atoms with E-state index in [1.165, 1.54) is 11.9 Å². The van der Waals surface area contributed by atoms with Crippen LogP contribution in [-0.2, 0) is 11.0 Å². The van der Waals surface area contributed by atoms with E-state index in [-0.39, 0.29) is 12.2 Å². The Labute approximate surface area is 153 Å². The highest BCUT2D eigenvalue weighted by Gasteiger charge is 2.33. The molecule has 0 radical (unpaired) electrons. The quantitative estimate of drug-likeness (QED) is 0.619. The second-order valence-electron chi connectivity index (χ2n) is 6.11. The van der Waals surface area contributed by atoms with E-state index in [2.05, 4.69) is 5.32 Å². The van der Waals surface area contributed by atoms with Gasteiger partial charge in [-0.2, -0.15) is 13.2 Å². The van der Waals surface area contributed by atoms with Crippen LogP contribution in [0, 0.1) is 24.0 Å². The largest absolute Gasteiger partial charge is 0.416 e. The number of hydrogen-bond donors (Lipinski definition) is 1. The Balaban J connectivity index is 2.22. The number of nitrogens with zero attached hydrogens (tertiary/aromatic N) is 2. The summed E-state index contributed by atoms with van der Waals surface area (Å²) in [7, 11) is 1.40. The van der Waals surface area contributed by atoms with E-state index in [0.29, 0.717) is 11.8 Å². The van der Waals surface area contributed by atoms with Crippen LogP contribution >= 0.6 is 0 Å². The Morgan fingerprint density at radius 3 is 2.48 bits per heavy atom. The molecule has 0 aromatic heterocycles. The average molecular weight is 381 g/mol. The highest BCUT2D eigenvalue weighted by atomic mass is 19.4. The van der Waals surface area contributed by atoms with E-state index >= 15 is 0 Å². The summed E-state index contributed by atoms with van der Waals surface area (Å²) in [6.07, 6.45) is -4.69. The lowest BCUT2D eigenvalue weighted by Crippen LogP contribution is -2.30. The predicted octanol–water partition coefficient (Wildman–Crippen LogP) is 4.31. The Kier molecular flexibility index (Phi) is 5.72. The molecule has 0 unspecified atom stereocenters. The van der Waals surface area contributed by atoms with Crippen LogP contribution in [0.1, 0.15) is 16.7 Å². The highest BCUT2D eigenvalue weighted by Crippen LogP contribution is 2.36. The number of anilines is 2. The lowest BCUT2D eigenvalue weighted by molar-refractivity contribution is -0.384. The number of likely N-dealkylation sites (N-methyl/N-ethyl adjacent to an activating group) is 1. The third-order valence-corrected chi connectivity index (χ3v) is 4.17. The molecule has 2 aromatic rings. The summed E-state index contributed by atoms with van der Waals surface area (Å²) in [6, 6.07) is 7.61. The Morgan fingerprint density at radius 2 is 1.89 bits per heavy atom. The van der Waals surface area contributed by atoms with Gasteiger partial charge in [0.15, 0.2) is 0 Å². The summed E-state index contributed by atoms with van der Waals surface area (Å²) >= 11 is 0. The van der Waals surface area contributed by atoms with Crippen molar-refractivity contribution in [2.24, 2.45) is 0 Å². The molecule has 1 amide bonds. The summed E-state index contributed by atoms with van der Waals surface area (Å²) in [5.74, 6) is -0.444. The first kappa shape index (κ1) is 20.2. The van der Waals surface area contributed by atoms with Gasteiger partial charge in [-0.15, -0.1) is 0 Å². The molecule has 2 aromatic carbocycles. The lowest BCUT2D eigenvalue weighted by atomic mass is 10.1. The second-order valence-corrected chi connectivity index (χ2v) is 6.11. The molecule has 0 aliphatic heterocycles. The Bertz CT molecular complexity index is 882. The molecule has 0 saturated carbocycles. The standard InChI is InChI=1S/C18H18F3N3O3/c1-11-5-4-6-14(12(11)2)22-17(25)10-23(3)15-8-7-13(18(19,20)21)9-16(15)24(26)27/h4-9H,10H2,1-3H3,(H,22,25). The van der Waals surface area contributed by atoms with Gasteiger partial charge in [-0.3, -0.25) is 14.9 Å². The van der Waals surface area contributed by atoms with Gasteiger partial charge in [0, 0.05) is 18.8 Å². The molecule has 0 saturated heterocycles. The van der Waals surface area contributed by atoms with Crippen molar-refractivity contribution >= 4 is 23.0 Å². The van der Waals surface area contributed by atoms with Gasteiger partial charge < -0.3 is 10.2 Å². The van der Waals surface area contributed by atoms with Crippen LogP contribution in [0.25, 0.3) is 0 Å². The van der Waals surface area contributed by atoms with E-state index in [1.54, 1.807) is 12.1 Å². The molecule has 0 fully saturated rings. The molecule has 144 valence electrons. The van der Waals surface area contributed by atoms with E-state index in [0.717, 1.165) is 23.3 Å². The summed E-state index contributed by atoms with van der Waals surface area (Å²) < 4.78 is 38.4. The summed E-state index contributed by atoms with van der Waals surface area (Å²) in [5.41, 5.74) is 0.561. The zero-order valence-corrected chi connectivity index (χ0v) is 14.9. The molecule has 9 heteroatoms. The van der Waals surface area contributed by atoms with Gasteiger partial charge in [-0.1, -0.05) is 12.1 Å². The SMILES string of the molecule is Cc1cccc(NC(=O)CN(C)c2ccc(C(F)(F)F)cc2[N+](=O)[O-])c1C. The first-order valence-corrected chi connectivity index (χ1v) is 7.93. The number of halogens is 3. The normalized spacial score (nSPS) is 11.2. The zero-order chi connectivity index (χ0) is 20.4. The molecule has 0 atom stereocenters. The number of rotatable bonds is 5. The van der Waals surface area contributed by atoms with Gasteiger partial charge >= 0.3 is 6.18 Å². The van der Waals surface area contributed by atoms with Gasteiger partial charge in [0.2, 0.25) is 5.91 Å². The first-order valence-electron chi connectivity index (χ1n) is 7.93. The fourth-order valence-corrected chi connectivity index (χ4v) is 2.55. The monoisotopic (exact) mass is 381 g/mol. The topological polar surface area (TPSA) is 75.5 Å². The summed E-state index contributed by atoms with van der Waals surface area (Å²) in [4.78, 5) is 23.8. The molecule has 2 rings (SSSR count). The minimum Gasteiger partial charge on any atom is -0.360 e. The van der Waals surface area contributed by atoms with Crippen LogP contribution in [0.3, 0.4) is 0 Å². The molecule has 6 nitrogen and oxygen atoms in total. The van der Waals surface area contributed by atoms with Gasteiger partial charge in [0.1, 0.15) is 5.69 Å². The minimum atomic E-state index is -4.69. The fourth-order valence-electron chi connectivity index (χ4n) is 2.55. The minimum absolute atomic E-state index is 0.0795. The van der Waals surface area contributed by atoms with Crippen molar-refractivity contribution in [1.29, 1.82) is 0 Å². The molecule has 0 aliphatic carbocycles. The molecular formula is C18H18F3N3O3. The van der Waals surface area contributed by atoms with Crippen molar-refractivity contribution in [3.8, 4) is 0 Å². The third-order valence-electron chi connectivity index (χ3n) is 4.17.